The zero-order valence-corrected chi connectivity index (χ0v) is 10.3. The van der Waals surface area contributed by atoms with Crippen LogP contribution in [-0.2, 0) is 0 Å². The van der Waals surface area contributed by atoms with Crippen LogP contribution in [-0.4, -0.2) is 29.1 Å². The van der Waals surface area contributed by atoms with E-state index in [0.29, 0.717) is 12.4 Å². The molecule has 0 saturated carbocycles. The second-order valence-corrected chi connectivity index (χ2v) is 4.54. The first-order chi connectivity index (χ1) is 8.61. The molecule has 5 heteroatoms. The van der Waals surface area contributed by atoms with Crippen LogP contribution in [0.5, 0.6) is 0 Å². The van der Waals surface area contributed by atoms with E-state index in [4.69, 9.17) is 5.26 Å². The van der Waals surface area contributed by atoms with Gasteiger partial charge in [0.25, 0.3) is 0 Å². The fourth-order valence-corrected chi connectivity index (χ4v) is 2.23. The summed E-state index contributed by atoms with van der Waals surface area (Å²) in [6.07, 6.45) is 1.77. The average molecular weight is 245 g/mol. The summed E-state index contributed by atoms with van der Waals surface area (Å²) in [6, 6.07) is 5.52. The molecule has 1 fully saturated rings. The van der Waals surface area contributed by atoms with E-state index in [9.17, 15) is 9.90 Å². The van der Waals surface area contributed by atoms with Gasteiger partial charge in [0.1, 0.15) is 11.4 Å². The van der Waals surface area contributed by atoms with Crippen LogP contribution in [0.25, 0.3) is 0 Å². The van der Waals surface area contributed by atoms with Crippen molar-refractivity contribution in [3.8, 4) is 6.07 Å². The van der Waals surface area contributed by atoms with E-state index in [1.54, 1.807) is 12.1 Å². The number of nitrogens with zero attached hydrogens (tertiary/aromatic N) is 3. The second kappa shape index (κ2) is 5.05. The number of hydrogen-bond acceptors (Lipinski definition) is 4. The summed E-state index contributed by atoms with van der Waals surface area (Å²) < 4.78 is 0. The van der Waals surface area contributed by atoms with E-state index in [1.807, 2.05) is 11.8 Å². The van der Waals surface area contributed by atoms with Crippen molar-refractivity contribution >= 4 is 11.8 Å². The van der Waals surface area contributed by atoms with Gasteiger partial charge in [0, 0.05) is 18.8 Å². The number of carbonyl (C=O) groups is 1. The lowest BCUT2D eigenvalue weighted by atomic mass is 9.99. The number of carboxylic acid groups (broad SMARTS) is 1. The first-order valence-electron chi connectivity index (χ1n) is 5.97. The minimum absolute atomic E-state index is 0.0392. The van der Waals surface area contributed by atoms with E-state index in [0.717, 1.165) is 25.1 Å². The molecule has 1 aliphatic rings. The zero-order chi connectivity index (χ0) is 13.1. The fraction of sp³-hybridized carbons (Fsp3) is 0.462. The molecule has 1 N–H and O–H groups in total. The number of nitriles is 1. The second-order valence-electron chi connectivity index (χ2n) is 4.54. The molecule has 94 valence electrons. The minimum atomic E-state index is -0.975. The van der Waals surface area contributed by atoms with Gasteiger partial charge in [-0.05, 0) is 31.9 Å². The highest BCUT2D eigenvalue weighted by Crippen LogP contribution is 2.24. The van der Waals surface area contributed by atoms with Gasteiger partial charge in [0.15, 0.2) is 0 Å². The molecule has 0 radical (unpaired) electrons. The molecular formula is C13H15N3O2. The number of pyridine rings is 1. The number of aryl methyl sites for hydroxylation is 1. The highest BCUT2D eigenvalue weighted by atomic mass is 16.4. The average Bonchev–Trinajstić information content (AvgIpc) is 2.38. The van der Waals surface area contributed by atoms with E-state index >= 15 is 0 Å². The minimum Gasteiger partial charge on any atom is -0.478 e. The van der Waals surface area contributed by atoms with Gasteiger partial charge in [0.05, 0.1) is 12.0 Å². The molecule has 0 aliphatic carbocycles. The van der Waals surface area contributed by atoms with Crippen LogP contribution in [0.4, 0.5) is 5.82 Å². The topological polar surface area (TPSA) is 77.2 Å². The Labute approximate surface area is 106 Å². The lowest BCUT2D eigenvalue weighted by Gasteiger charge is -2.31. The van der Waals surface area contributed by atoms with Gasteiger partial charge in [-0.2, -0.15) is 5.26 Å². The van der Waals surface area contributed by atoms with Crippen molar-refractivity contribution in [3.05, 3.63) is 23.4 Å². The van der Waals surface area contributed by atoms with Gasteiger partial charge in [-0.15, -0.1) is 0 Å². The highest BCUT2D eigenvalue weighted by Gasteiger charge is 2.24. The van der Waals surface area contributed by atoms with E-state index < -0.39 is 5.97 Å². The molecule has 0 aromatic carbocycles. The molecule has 1 aromatic rings. The summed E-state index contributed by atoms with van der Waals surface area (Å²) in [5, 5.41) is 18.2. The maximum Gasteiger partial charge on any atom is 0.339 e. The van der Waals surface area contributed by atoms with Crippen molar-refractivity contribution < 1.29 is 9.90 Å². The van der Waals surface area contributed by atoms with Crippen molar-refractivity contribution in [2.75, 3.05) is 18.0 Å². The van der Waals surface area contributed by atoms with Crippen LogP contribution < -0.4 is 4.90 Å². The van der Waals surface area contributed by atoms with Crippen molar-refractivity contribution in [1.82, 2.24) is 4.98 Å². The molecule has 1 aromatic heterocycles. The Morgan fingerprint density at radius 2 is 2.39 bits per heavy atom. The molecule has 0 amide bonds. The number of anilines is 1. The van der Waals surface area contributed by atoms with Crippen LogP contribution in [0.3, 0.4) is 0 Å². The normalized spacial score (nSPS) is 19.3. The Balaban J connectivity index is 2.34. The number of piperidine rings is 1. The number of rotatable bonds is 2. The summed E-state index contributed by atoms with van der Waals surface area (Å²) in [4.78, 5) is 17.4. The lowest BCUT2D eigenvalue weighted by Crippen LogP contribution is -2.36. The van der Waals surface area contributed by atoms with Crippen LogP contribution >= 0.6 is 0 Å². The van der Waals surface area contributed by atoms with Crippen molar-refractivity contribution in [3.63, 3.8) is 0 Å². The lowest BCUT2D eigenvalue weighted by molar-refractivity contribution is 0.0697. The molecule has 5 nitrogen and oxygen atoms in total. The summed E-state index contributed by atoms with van der Waals surface area (Å²) in [7, 11) is 0. The molecule has 1 saturated heterocycles. The molecular weight excluding hydrogens is 230 g/mol. The zero-order valence-electron chi connectivity index (χ0n) is 10.3. The Kier molecular flexibility index (Phi) is 3.47. The maximum absolute atomic E-state index is 11.2. The molecule has 1 atom stereocenters. The van der Waals surface area contributed by atoms with Crippen molar-refractivity contribution in [2.24, 2.45) is 5.92 Å². The monoisotopic (exact) mass is 245 g/mol. The third kappa shape index (κ3) is 2.43. The smallest absolute Gasteiger partial charge is 0.339 e. The van der Waals surface area contributed by atoms with Gasteiger partial charge in [-0.1, -0.05) is 0 Å². The molecule has 2 rings (SSSR count). The standard InChI is InChI=1S/C13H15N3O2/c1-9-4-5-11(13(17)18)12(15-9)16-6-2-3-10(7-14)8-16/h4-5,10H,2-3,6,8H2,1H3,(H,17,18)/t10-/m0/s1. The molecule has 1 aliphatic heterocycles. The number of aromatic carboxylic acids is 1. The molecule has 2 heterocycles. The summed E-state index contributed by atoms with van der Waals surface area (Å²) in [5.41, 5.74) is 0.994. The molecule has 0 unspecified atom stereocenters. The largest absolute Gasteiger partial charge is 0.478 e. The summed E-state index contributed by atoms with van der Waals surface area (Å²) >= 11 is 0. The molecule has 0 bridgehead atoms. The number of hydrogen-bond donors (Lipinski definition) is 1. The van der Waals surface area contributed by atoms with Crippen LogP contribution in [0, 0.1) is 24.2 Å². The summed E-state index contributed by atoms with van der Waals surface area (Å²) in [5.74, 6) is -0.526. The quantitative estimate of drug-likeness (QED) is 0.860. The third-order valence-electron chi connectivity index (χ3n) is 3.15. The van der Waals surface area contributed by atoms with Gasteiger partial charge in [0.2, 0.25) is 0 Å². The number of carboxylic acids is 1. The third-order valence-corrected chi connectivity index (χ3v) is 3.15. The van der Waals surface area contributed by atoms with Crippen LogP contribution in [0.2, 0.25) is 0 Å². The Morgan fingerprint density at radius 1 is 1.61 bits per heavy atom. The molecule has 18 heavy (non-hydrogen) atoms. The van der Waals surface area contributed by atoms with Gasteiger partial charge in [-0.3, -0.25) is 0 Å². The predicted molar refractivity (Wildman–Crippen MR) is 66.5 cm³/mol. The van der Waals surface area contributed by atoms with E-state index in [1.165, 1.54) is 0 Å². The van der Waals surface area contributed by atoms with E-state index in [2.05, 4.69) is 11.1 Å². The first-order valence-corrected chi connectivity index (χ1v) is 5.97. The first kappa shape index (κ1) is 12.4. The Bertz CT molecular complexity index is 507. The molecule has 0 spiro atoms. The summed E-state index contributed by atoms with van der Waals surface area (Å²) in [6.45, 7) is 3.16. The SMILES string of the molecule is Cc1ccc(C(=O)O)c(N2CCC[C@@H](C#N)C2)n1. The Morgan fingerprint density at radius 3 is 3.06 bits per heavy atom. The van der Waals surface area contributed by atoms with Crippen molar-refractivity contribution in [2.45, 2.75) is 19.8 Å². The highest BCUT2D eigenvalue weighted by molar-refractivity contribution is 5.93. The van der Waals surface area contributed by atoms with E-state index in [-0.39, 0.29) is 11.5 Å². The predicted octanol–water partition coefficient (Wildman–Crippen LogP) is 1.83. The van der Waals surface area contributed by atoms with Gasteiger partial charge >= 0.3 is 5.97 Å². The Hall–Kier alpha value is -2.09. The van der Waals surface area contributed by atoms with Crippen LogP contribution in [0.1, 0.15) is 28.9 Å². The van der Waals surface area contributed by atoms with Crippen LogP contribution in [0.15, 0.2) is 12.1 Å². The van der Waals surface area contributed by atoms with Crippen molar-refractivity contribution in [1.29, 1.82) is 5.26 Å². The number of aromatic nitrogens is 1. The van der Waals surface area contributed by atoms with Gasteiger partial charge < -0.3 is 10.0 Å². The fourth-order valence-electron chi connectivity index (χ4n) is 2.23. The maximum atomic E-state index is 11.2. The van der Waals surface area contributed by atoms with Gasteiger partial charge in [-0.25, -0.2) is 9.78 Å².